The monoisotopic (exact) mass is 191 g/mol. The smallest absolute Gasteiger partial charge is 0.0402 e. The average molecular weight is 191 g/mol. The van der Waals surface area contributed by atoms with Crippen LogP contribution in [-0.4, -0.2) is 23.4 Å². The molecule has 0 aliphatic rings. The van der Waals surface area contributed by atoms with Crippen molar-refractivity contribution in [1.82, 2.24) is 0 Å². The molecule has 0 saturated carbocycles. The summed E-state index contributed by atoms with van der Waals surface area (Å²) < 4.78 is 0. The summed E-state index contributed by atoms with van der Waals surface area (Å²) in [5, 5.41) is 15.1. The van der Waals surface area contributed by atoms with Crippen molar-refractivity contribution >= 4 is 0 Å². The van der Waals surface area contributed by atoms with E-state index in [0.29, 0.717) is 0 Å². The molecule has 0 aromatic carbocycles. The van der Waals surface area contributed by atoms with Crippen LogP contribution in [-0.2, 0) is 17.1 Å². The van der Waals surface area contributed by atoms with Gasteiger partial charge >= 0.3 is 0 Å². The Hall–Kier alpha value is 0.439. The molecule has 0 spiro atoms. The minimum Gasteiger partial charge on any atom is -0.397 e. The Morgan fingerprint density at radius 1 is 1.00 bits per heavy atom. The third-order valence-electron chi connectivity index (χ3n) is 0. The zero-order valence-corrected chi connectivity index (χ0v) is 8.34. The number of aliphatic hydroxyl groups excluding tert-OH is 2. The van der Waals surface area contributed by atoms with Crippen LogP contribution in [0.5, 0.6) is 0 Å². The van der Waals surface area contributed by atoms with E-state index in [1.807, 2.05) is 20.3 Å². The molecule has 0 aliphatic carbocycles. The third kappa shape index (κ3) is 2420. The van der Waals surface area contributed by atoms with E-state index in [4.69, 9.17) is 10.2 Å². The van der Waals surface area contributed by atoms with Crippen LogP contribution in [0.15, 0.2) is 0 Å². The van der Waals surface area contributed by atoms with Crippen LogP contribution in [0.1, 0.15) is 27.7 Å². The molecule has 0 unspecified atom stereocenters. The molecule has 0 aliphatic heterocycles. The summed E-state index contributed by atoms with van der Waals surface area (Å²) in [6, 6.07) is 0. The zero-order chi connectivity index (χ0) is 8.12. The first-order valence-electron chi connectivity index (χ1n) is 3.20. The van der Waals surface area contributed by atoms with Gasteiger partial charge in [0.05, 0.1) is 0 Å². The molecule has 0 radical (unpaired) electrons. The van der Waals surface area contributed by atoms with Gasteiger partial charge in [0.1, 0.15) is 0 Å². The van der Waals surface area contributed by atoms with Crippen LogP contribution < -0.4 is 0 Å². The molecule has 68 valence electrons. The second-order valence-corrected chi connectivity index (χ2v) is 1.21. The summed E-state index contributed by atoms with van der Waals surface area (Å²) in [6.45, 7) is 7.86. The molecule has 2 nitrogen and oxygen atoms in total. The summed E-state index contributed by atoms with van der Waals surface area (Å²) >= 11 is 0. The summed E-state index contributed by atoms with van der Waals surface area (Å²) in [5.41, 5.74) is 0. The minimum atomic E-state index is 0. The van der Waals surface area contributed by atoms with E-state index in [1.165, 1.54) is 0 Å². The Morgan fingerprint density at radius 3 is 1.00 bits per heavy atom. The van der Waals surface area contributed by atoms with Gasteiger partial charge in [-0.2, -0.15) is 13.8 Å². The van der Waals surface area contributed by atoms with Crippen molar-refractivity contribution in [1.29, 1.82) is 0 Å². The number of rotatable bonds is 0. The van der Waals surface area contributed by atoms with Gasteiger partial charge in [-0.1, -0.05) is 0 Å². The van der Waals surface area contributed by atoms with Gasteiger partial charge in [-0.25, -0.2) is 0 Å². The standard InChI is InChI=1S/C3H7.2C2H6O.Fe/c1-3-2;2*1-2-3;/h3H,1-2H3;2*3H,2H2,1H3;/q-1;;;. The van der Waals surface area contributed by atoms with Gasteiger partial charge in [-0.3, -0.25) is 0 Å². The van der Waals surface area contributed by atoms with Gasteiger partial charge in [0, 0.05) is 30.3 Å². The summed E-state index contributed by atoms with van der Waals surface area (Å²) in [4.78, 5) is 0. The molecule has 10 heavy (non-hydrogen) atoms. The molecule has 0 amide bonds. The molecular formula is C7H19FeO2-. The topological polar surface area (TPSA) is 40.5 Å². The van der Waals surface area contributed by atoms with Crippen LogP contribution in [0.25, 0.3) is 0 Å². The predicted molar refractivity (Wildman–Crippen MR) is 41.2 cm³/mol. The Balaban J connectivity index is -0.0000000257. The number of hydrogen-bond acceptors (Lipinski definition) is 2. The fraction of sp³-hybridized carbons (Fsp3) is 0.857. The molecular weight excluding hydrogens is 172 g/mol. The SMILES string of the molecule is CCO.CCO.C[CH-]C.[Fe]. The van der Waals surface area contributed by atoms with E-state index in [2.05, 4.69) is 0 Å². The second-order valence-electron chi connectivity index (χ2n) is 1.21. The van der Waals surface area contributed by atoms with Gasteiger partial charge in [-0.15, -0.1) is 0 Å². The van der Waals surface area contributed by atoms with Crippen molar-refractivity contribution in [3.63, 3.8) is 0 Å². The Labute approximate surface area is 75.1 Å². The molecule has 2 N–H and O–H groups in total. The minimum absolute atomic E-state index is 0. The largest absolute Gasteiger partial charge is 0.397 e. The first-order chi connectivity index (χ1) is 4.24. The van der Waals surface area contributed by atoms with E-state index in [0.717, 1.165) is 0 Å². The van der Waals surface area contributed by atoms with Gasteiger partial charge in [-0.05, 0) is 13.8 Å². The van der Waals surface area contributed by atoms with Gasteiger partial charge in [0.2, 0.25) is 0 Å². The van der Waals surface area contributed by atoms with E-state index in [1.54, 1.807) is 13.8 Å². The second kappa shape index (κ2) is 56.8. The van der Waals surface area contributed by atoms with Gasteiger partial charge in [0.15, 0.2) is 0 Å². The van der Waals surface area contributed by atoms with Crippen molar-refractivity contribution in [3.8, 4) is 0 Å². The van der Waals surface area contributed by atoms with E-state index in [-0.39, 0.29) is 30.3 Å². The summed E-state index contributed by atoms with van der Waals surface area (Å²) in [6.07, 6.45) is 2.00. The maximum Gasteiger partial charge on any atom is 0.0402 e. The maximum absolute atomic E-state index is 7.57. The van der Waals surface area contributed by atoms with E-state index in [9.17, 15) is 0 Å². The number of aliphatic hydroxyl groups is 2. The van der Waals surface area contributed by atoms with Crippen molar-refractivity contribution in [2.24, 2.45) is 0 Å². The van der Waals surface area contributed by atoms with Gasteiger partial charge in [0.25, 0.3) is 0 Å². The summed E-state index contributed by atoms with van der Waals surface area (Å²) in [5.74, 6) is 0. The maximum atomic E-state index is 7.57. The Morgan fingerprint density at radius 2 is 1.00 bits per heavy atom. The fourth-order valence-electron chi connectivity index (χ4n) is 0. The van der Waals surface area contributed by atoms with E-state index >= 15 is 0 Å². The molecule has 0 fully saturated rings. The van der Waals surface area contributed by atoms with Crippen LogP contribution in [0, 0.1) is 6.42 Å². The number of hydrogen-bond donors (Lipinski definition) is 2. The molecule has 3 heteroatoms. The van der Waals surface area contributed by atoms with Crippen LogP contribution in [0.3, 0.4) is 0 Å². The Bertz CT molecular complexity index is 16.3. The predicted octanol–water partition coefficient (Wildman–Crippen LogP) is 1.23. The normalized spacial score (nSPS) is 5.40. The molecule has 0 heterocycles. The van der Waals surface area contributed by atoms with Crippen molar-refractivity contribution in [2.75, 3.05) is 13.2 Å². The van der Waals surface area contributed by atoms with Crippen LogP contribution >= 0.6 is 0 Å². The molecule has 0 aromatic rings. The third-order valence-corrected chi connectivity index (χ3v) is 0. The van der Waals surface area contributed by atoms with E-state index < -0.39 is 0 Å². The molecule has 0 saturated heterocycles. The molecule has 0 aromatic heterocycles. The molecule has 0 bridgehead atoms. The first-order valence-corrected chi connectivity index (χ1v) is 3.20. The molecule has 0 atom stereocenters. The zero-order valence-electron chi connectivity index (χ0n) is 7.24. The first kappa shape index (κ1) is 22.4. The quantitative estimate of drug-likeness (QED) is 0.446. The van der Waals surface area contributed by atoms with Crippen molar-refractivity contribution in [3.05, 3.63) is 6.42 Å². The van der Waals surface area contributed by atoms with Crippen molar-refractivity contribution in [2.45, 2.75) is 27.7 Å². The van der Waals surface area contributed by atoms with Gasteiger partial charge < -0.3 is 16.6 Å². The molecule has 0 rings (SSSR count). The summed E-state index contributed by atoms with van der Waals surface area (Å²) in [7, 11) is 0. The fourth-order valence-corrected chi connectivity index (χ4v) is 0. The Kier molecular flexibility index (Phi) is 127. The van der Waals surface area contributed by atoms with Crippen molar-refractivity contribution < 1.29 is 27.3 Å². The van der Waals surface area contributed by atoms with Crippen LogP contribution in [0.4, 0.5) is 0 Å². The average Bonchev–Trinajstić information content (AvgIpc) is 1.70. The van der Waals surface area contributed by atoms with Crippen LogP contribution in [0.2, 0.25) is 0 Å².